The molecule has 2 rings (SSSR count). The van der Waals surface area contributed by atoms with Gasteiger partial charge in [0.2, 0.25) is 0 Å². The van der Waals surface area contributed by atoms with Gasteiger partial charge in [0.15, 0.2) is 5.85 Å². The number of aromatic nitrogens is 2. The summed E-state index contributed by atoms with van der Waals surface area (Å²) < 4.78 is 15.1. The highest BCUT2D eigenvalue weighted by molar-refractivity contribution is 7.52. The van der Waals surface area contributed by atoms with Gasteiger partial charge in [-0.1, -0.05) is 32.1 Å². The van der Waals surface area contributed by atoms with Crippen molar-refractivity contribution < 1.29 is 19.5 Å². The van der Waals surface area contributed by atoms with E-state index in [9.17, 15) is 9.67 Å². The van der Waals surface area contributed by atoms with E-state index in [1.807, 2.05) is 0 Å². The molecular formula is C11H19N2O4PS. The molecule has 1 aliphatic rings. The van der Waals surface area contributed by atoms with Crippen molar-refractivity contribution in [2.24, 2.45) is 5.92 Å². The molecule has 1 fully saturated rings. The van der Waals surface area contributed by atoms with Crippen LogP contribution in [0.2, 0.25) is 0 Å². The maximum Gasteiger partial charge on any atom is 0.354 e. The van der Waals surface area contributed by atoms with E-state index in [-0.39, 0.29) is 6.42 Å². The average Bonchev–Trinajstić information content (AvgIpc) is 2.76. The van der Waals surface area contributed by atoms with Crippen molar-refractivity contribution in [2.45, 2.75) is 50.8 Å². The van der Waals surface area contributed by atoms with E-state index in [1.165, 1.54) is 32.1 Å². The topological polar surface area (TPSA) is 104 Å². The van der Waals surface area contributed by atoms with Crippen LogP contribution in [0.1, 0.15) is 42.9 Å². The van der Waals surface area contributed by atoms with Crippen LogP contribution in [0, 0.1) is 5.92 Å². The highest BCUT2D eigenvalue weighted by atomic mass is 32.1. The largest absolute Gasteiger partial charge is 0.380 e. The summed E-state index contributed by atoms with van der Waals surface area (Å²) in [5, 5.41) is 9.83. The summed E-state index contributed by atoms with van der Waals surface area (Å²) in [6.07, 6.45) is 6.95. The minimum Gasteiger partial charge on any atom is -0.380 e. The van der Waals surface area contributed by atoms with Crippen molar-refractivity contribution in [3.05, 3.63) is 10.8 Å². The predicted molar refractivity (Wildman–Crippen MR) is 71.9 cm³/mol. The van der Waals surface area contributed by atoms with Crippen LogP contribution in [-0.4, -0.2) is 30.1 Å². The molecule has 0 aliphatic heterocycles. The second-order valence-electron chi connectivity index (χ2n) is 5.09. The molecule has 108 valence electrons. The third-order valence-electron chi connectivity index (χ3n) is 3.45. The quantitative estimate of drug-likeness (QED) is 0.715. The van der Waals surface area contributed by atoms with Crippen LogP contribution >= 0.6 is 19.1 Å². The van der Waals surface area contributed by atoms with E-state index in [0.717, 1.165) is 23.8 Å². The molecule has 1 saturated carbocycles. The van der Waals surface area contributed by atoms with Crippen molar-refractivity contribution >= 4 is 19.1 Å². The molecule has 19 heavy (non-hydrogen) atoms. The summed E-state index contributed by atoms with van der Waals surface area (Å²) in [5.41, 5.74) is 0. The van der Waals surface area contributed by atoms with Gasteiger partial charge in [-0.25, -0.2) is 4.98 Å². The molecule has 3 N–H and O–H groups in total. The Morgan fingerprint density at radius 3 is 2.63 bits per heavy atom. The second-order valence-corrected chi connectivity index (χ2v) is 7.70. The molecule has 0 radical (unpaired) electrons. The number of rotatable bonds is 5. The van der Waals surface area contributed by atoms with Gasteiger partial charge < -0.3 is 14.9 Å². The maximum atomic E-state index is 10.9. The van der Waals surface area contributed by atoms with E-state index < -0.39 is 13.4 Å². The standard InChI is InChI=1S/C11H19N2O4PS/c14-11(18(15,16)17)7-10-12-9(13-19-10)6-8-4-2-1-3-5-8/h8,11,14H,1-7H2,(H2,15,16,17). The van der Waals surface area contributed by atoms with Crippen LogP contribution in [0.4, 0.5) is 0 Å². The van der Waals surface area contributed by atoms with Crippen LogP contribution < -0.4 is 0 Å². The third kappa shape index (κ3) is 4.61. The number of aliphatic hydroxyl groups is 1. The number of hydrogen-bond donors (Lipinski definition) is 3. The summed E-state index contributed by atoms with van der Waals surface area (Å²) >= 11 is 1.12. The molecule has 1 aromatic heterocycles. The van der Waals surface area contributed by atoms with Gasteiger partial charge in [0, 0.05) is 12.8 Å². The van der Waals surface area contributed by atoms with E-state index in [1.54, 1.807) is 0 Å². The lowest BCUT2D eigenvalue weighted by Crippen LogP contribution is -2.12. The van der Waals surface area contributed by atoms with Crippen LogP contribution in [0.15, 0.2) is 0 Å². The normalized spacial score (nSPS) is 19.5. The van der Waals surface area contributed by atoms with Crippen LogP contribution in [-0.2, 0) is 17.4 Å². The maximum absolute atomic E-state index is 10.9. The van der Waals surface area contributed by atoms with Gasteiger partial charge in [-0.3, -0.25) is 4.57 Å². The zero-order valence-electron chi connectivity index (χ0n) is 10.6. The van der Waals surface area contributed by atoms with Gasteiger partial charge in [-0.15, -0.1) is 0 Å². The predicted octanol–water partition coefficient (Wildman–Crippen LogP) is 1.70. The van der Waals surface area contributed by atoms with Crippen LogP contribution in [0.5, 0.6) is 0 Å². The molecule has 1 aromatic rings. The molecule has 6 nitrogen and oxygen atoms in total. The Hall–Kier alpha value is -0.330. The highest BCUT2D eigenvalue weighted by Crippen LogP contribution is 2.41. The van der Waals surface area contributed by atoms with Crippen molar-refractivity contribution in [1.29, 1.82) is 0 Å². The lowest BCUT2D eigenvalue weighted by atomic mass is 9.87. The molecular weight excluding hydrogens is 287 g/mol. The minimum absolute atomic E-state index is 0.132. The summed E-state index contributed by atoms with van der Waals surface area (Å²) in [6, 6.07) is 0. The average molecular weight is 306 g/mol. The molecule has 1 atom stereocenters. The van der Waals surface area contributed by atoms with Gasteiger partial charge in [-0.2, -0.15) is 4.37 Å². The summed E-state index contributed by atoms with van der Waals surface area (Å²) in [7, 11) is -4.45. The van der Waals surface area contributed by atoms with E-state index >= 15 is 0 Å². The zero-order chi connectivity index (χ0) is 13.9. The number of aliphatic hydroxyl groups excluding tert-OH is 1. The molecule has 1 unspecified atom stereocenters. The Bertz CT molecular complexity index is 455. The Labute approximate surface area is 116 Å². The summed E-state index contributed by atoms with van der Waals surface area (Å²) in [6.45, 7) is 0. The first-order valence-corrected chi connectivity index (χ1v) is 8.95. The highest BCUT2D eigenvalue weighted by Gasteiger charge is 2.28. The Kier molecular flexibility index (Phi) is 5.09. The van der Waals surface area contributed by atoms with Gasteiger partial charge in [0.25, 0.3) is 0 Å². The fraction of sp³-hybridized carbons (Fsp3) is 0.818. The molecule has 0 saturated heterocycles. The minimum atomic E-state index is -4.45. The first kappa shape index (κ1) is 15.1. The fourth-order valence-corrected chi connectivity index (χ4v) is 3.62. The third-order valence-corrected chi connectivity index (χ3v) is 5.18. The van der Waals surface area contributed by atoms with Crippen LogP contribution in [0.3, 0.4) is 0 Å². The lowest BCUT2D eigenvalue weighted by Gasteiger charge is -2.19. The van der Waals surface area contributed by atoms with E-state index in [0.29, 0.717) is 10.9 Å². The number of nitrogens with zero attached hydrogens (tertiary/aromatic N) is 2. The molecule has 0 bridgehead atoms. The molecule has 0 spiro atoms. The van der Waals surface area contributed by atoms with E-state index in [2.05, 4.69) is 9.36 Å². The molecule has 0 amide bonds. The SMILES string of the molecule is O=P(O)(O)C(O)Cc1nc(CC2CCCCC2)ns1. The van der Waals surface area contributed by atoms with Crippen molar-refractivity contribution in [2.75, 3.05) is 0 Å². The first-order valence-electron chi connectivity index (χ1n) is 6.50. The van der Waals surface area contributed by atoms with Gasteiger partial charge in [0.1, 0.15) is 10.8 Å². The Morgan fingerprint density at radius 1 is 1.32 bits per heavy atom. The van der Waals surface area contributed by atoms with Gasteiger partial charge in [0.05, 0.1) is 0 Å². The molecule has 1 aliphatic carbocycles. The second kappa shape index (κ2) is 6.41. The van der Waals surface area contributed by atoms with Crippen molar-refractivity contribution in [3.8, 4) is 0 Å². The van der Waals surface area contributed by atoms with Crippen molar-refractivity contribution in [3.63, 3.8) is 0 Å². The lowest BCUT2D eigenvalue weighted by molar-refractivity contribution is 0.202. The molecule has 1 heterocycles. The fourth-order valence-electron chi connectivity index (χ4n) is 2.38. The zero-order valence-corrected chi connectivity index (χ0v) is 12.3. The van der Waals surface area contributed by atoms with Crippen LogP contribution in [0.25, 0.3) is 0 Å². The Balaban J connectivity index is 1.89. The molecule has 0 aromatic carbocycles. The first-order chi connectivity index (χ1) is 8.95. The summed E-state index contributed by atoms with van der Waals surface area (Å²) in [5.74, 6) is -0.310. The van der Waals surface area contributed by atoms with E-state index in [4.69, 9.17) is 9.79 Å². The monoisotopic (exact) mass is 306 g/mol. The number of hydrogen-bond acceptors (Lipinski definition) is 5. The smallest absolute Gasteiger partial charge is 0.354 e. The van der Waals surface area contributed by atoms with Gasteiger partial charge in [-0.05, 0) is 17.5 Å². The summed E-state index contributed by atoms with van der Waals surface area (Å²) in [4.78, 5) is 21.9. The van der Waals surface area contributed by atoms with Crippen molar-refractivity contribution in [1.82, 2.24) is 9.36 Å². The van der Waals surface area contributed by atoms with Gasteiger partial charge >= 0.3 is 7.60 Å². The molecule has 8 heteroatoms. The Morgan fingerprint density at radius 2 is 2.00 bits per heavy atom.